The standard InChI is InChI=1S/C27H24.4C2H6.CH4/c1-5-13-20-22-16-10-12-18-26(22)27(23(20)8-4)24(14-6-2)19(7-3)21-15-9-11-17-25(21)27;4*1-2;/h5-18H,3-4H2,1-2H3;4*1-2H3;1H4/b13-5-,14-6-;;;;;. The molecule has 0 amide bonds. The van der Waals surface area contributed by atoms with E-state index in [0.717, 1.165) is 0 Å². The third-order valence-electron chi connectivity index (χ3n) is 5.71. The molecule has 0 fully saturated rings. The van der Waals surface area contributed by atoms with Gasteiger partial charge in [0.15, 0.2) is 0 Å². The van der Waals surface area contributed by atoms with E-state index in [0.29, 0.717) is 0 Å². The number of rotatable bonds is 4. The molecule has 0 bridgehead atoms. The van der Waals surface area contributed by atoms with Crippen molar-refractivity contribution in [2.45, 2.75) is 82.1 Å². The van der Waals surface area contributed by atoms with Gasteiger partial charge in [0.2, 0.25) is 0 Å². The van der Waals surface area contributed by atoms with Gasteiger partial charge in [-0.3, -0.25) is 0 Å². The highest BCUT2D eigenvalue weighted by Gasteiger charge is 2.51. The maximum atomic E-state index is 4.23. The lowest BCUT2D eigenvalue weighted by Gasteiger charge is -2.32. The van der Waals surface area contributed by atoms with Gasteiger partial charge in [-0.25, -0.2) is 0 Å². The van der Waals surface area contributed by atoms with E-state index in [1.807, 2.05) is 67.5 Å². The van der Waals surface area contributed by atoms with E-state index in [1.165, 1.54) is 44.5 Å². The van der Waals surface area contributed by atoms with Crippen molar-refractivity contribution in [1.29, 1.82) is 0 Å². The Bertz CT molecular complexity index is 1070. The second-order valence-corrected chi connectivity index (χ2v) is 6.90. The summed E-state index contributed by atoms with van der Waals surface area (Å²) in [5.41, 5.74) is 9.84. The van der Waals surface area contributed by atoms with E-state index < -0.39 is 0 Å². The Morgan fingerprint density at radius 1 is 0.556 bits per heavy atom. The van der Waals surface area contributed by atoms with Gasteiger partial charge in [0, 0.05) is 0 Å². The lowest BCUT2D eigenvalue weighted by molar-refractivity contribution is 0.779. The van der Waals surface area contributed by atoms with Crippen molar-refractivity contribution in [2.75, 3.05) is 0 Å². The van der Waals surface area contributed by atoms with Crippen LogP contribution in [0.4, 0.5) is 0 Å². The molecule has 0 heteroatoms. The summed E-state index contributed by atoms with van der Waals surface area (Å²) in [6.07, 6.45) is 12.7. The molecular formula is C36H52. The number of fused-ring (bicyclic) bond motifs is 4. The van der Waals surface area contributed by atoms with Gasteiger partial charge in [0.1, 0.15) is 0 Å². The Morgan fingerprint density at radius 3 is 1.36 bits per heavy atom. The summed E-state index contributed by atoms with van der Waals surface area (Å²) < 4.78 is 0. The monoisotopic (exact) mass is 484 g/mol. The molecule has 36 heavy (non-hydrogen) atoms. The summed E-state index contributed by atoms with van der Waals surface area (Å²) in [5.74, 6) is 0. The first-order valence-electron chi connectivity index (χ1n) is 13.4. The molecule has 0 saturated carbocycles. The summed E-state index contributed by atoms with van der Waals surface area (Å²) in [4.78, 5) is 0. The largest absolute Gasteiger partial charge is 0.0987 e. The zero-order valence-electron chi connectivity index (χ0n) is 24.0. The minimum absolute atomic E-state index is 0. The molecule has 2 aliphatic rings. The normalized spacial score (nSPS) is 16.3. The van der Waals surface area contributed by atoms with Crippen molar-refractivity contribution in [1.82, 2.24) is 0 Å². The van der Waals surface area contributed by atoms with Crippen LogP contribution in [0.1, 0.15) is 98.9 Å². The number of hydrogen-bond donors (Lipinski definition) is 0. The molecule has 2 aromatic rings. The van der Waals surface area contributed by atoms with Crippen LogP contribution >= 0.6 is 0 Å². The van der Waals surface area contributed by atoms with E-state index in [9.17, 15) is 0 Å². The molecule has 0 heterocycles. The van der Waals surface area contributed by atoms with Crippen LogP contribution in [0.5, 0.6) is 0 Å². The summed E-state index contributed by atoms with van der Waals surface area (Å²) in [6, 6.07) is 17.5. The fraction of sp³-hybridized carbons (Fsp3) is 0.333. The molecular weight excluding hydrogens is 432 g/mol. The fourth-order valence-corrected chi connectivity index (χ4v) is 4.87. The Morgan fingerprint density at radius 2 is 0.972 bits per heavy atom. The summed E-state index contributed by atoms with van der Waals surface area (Å²) in [5, 5.41) is 0. The van der Waals surface area contributed by atoms with E-state index in [1.54, 1.807) is 0 Å². The van der Waals surface area contributed by atoms with Gasteiger partial charge in [-0.2, -0.15) is 0 Å². The van der Waals surface area contributed by atoms with Gasteiger partial charge in [-0.05, 0) is 58.4 Å². The van der Waals surface area contributed by atoms with Crippen LogP contribution in [-0.2, 0) is 5.41 Å². The maximum absolute atomic E-state index is 4.23. The van der Waals surface area contributed by atoms with Gasteiger partial charge in [-0.1, -0.05) is 161 Å². The van der Waals surface area contributed by atoms with Crippen LogP contribution in [0.15, 0.2) is 109 Å². The summed E-state index contributed by atoms with van der Waals surface area (Å²) in [7, 11) is 0. The molecule has 1 atom stereocenters. The molecule has 0 saturated heterocycles. The molecule has 0 nitrogen and oxygen atoms in total. The predicted molar refractivity (Wildman–Crippen MR) is 170 cm³/mol. The molecule has 196 valence electrons. The maximum Gasteiger partial charge on any atom is 0.0725 e. The van der Waals surface area contributed by atoms with Crippen molar-refractivity contribution in [2.24, 2.45) is 0 Å². The third kappa shape index (κ3) is 5.81. The van der Waals surface area contributed by atoms with Gasteiger partial charge in [0.05, 0.1) is 5.41 Å². The van der Waals surface area contributed by atoms with E-state index in [-0.39, 0.29) is 12.8 Å². The summed E-state index contributed by atoms with van der Waals surface area (Å²) in [6.45, 7) is 28.5. The van der Waals surface area contributed by atoms with Gasteiger partial charge >= 0.3 is 0 Å². The summed E-state index contributed by atoms with van der Waals surface area (Å²) >= 11 is 0. The minimum atomic E-state index is -0.334. The average Bonchev–Trinajstić information content (AvgIpc) is 3.39. The quantitative estimate of drug-likeness (QED) is 0.405. The Hall–Kier alpha value is -3.12. The Labute approximate surface area is 224 Å². The second kappa shape index (κ2) is 18.2. The van der Waals surface area contributed by atoms with Crippen LogP contribution in [0, 0.1) is 0 Å². The first-order chi connectivity index (χ1) is 17.2. The lowest BCUT2D eigenvalue weighted by atomic mass is 9.68. The van der Waals surface area contributed by atoms with Gasteiger partial charge < -0.3 is 0 Å². The molecule has 1 spiro atoms. The van der Waals surface area contributed by atoms with E-state index in [2.05, 4.69) is 99.8 Å². The zero-order valence-corrected chi connectivity index (χ0v) is 24.0. The Kier molecular flexibility index (Phi) is 17.7. The van der Waals surface area contributed by atoms with Gasteiger partial charge in [-0.15, -0.1) is 0 Å². The Balaban J connectivity index is 0. The molecule has 2 aromatic carbocycles. The van der Waals surface area contributed by atoms with Crippen molar-refractivity contribution in [3.8, 4) is 0 Å². The van der Waals surface area contributed by atoms with Crippen LogP contribution in [0.25, 0.3) is 11.1 Å². The fourth-order valence-electron chi connectivity index (χ4n) is 4.87. The van der Waals surface area contributed by atoms with Crippen molar-refractivity contribution < 1.29 is 0 Å². The number of hydrogen-bond acceptors (Lipinski definition) is 0. The zero-order chi connectivity index (χ0) is 27.0. The topological polar surface area (TPSA) is 0 Å². The molecule has 2 aliphatic carbocycles. The average molecular weight is 485 g/mol. The van der Waals surface area contributed by atoms with E-state index in [4.69, 9.17) is 0 Å². The highest BCUT2D eigenvalue weighted by molar-refractivity contribution is 5.99. The smallest absolute Gasteiger partial charge is 0.0725 e. The highest BCUT2D eigenvalue weighted by atomic mass is 14.5. The predicted octanol–water partition coefficient (Wildman–Crippen LogP) is 11.8. The SMILES string of the molecule is C.C=CC1=C(/C=C\C)C2(C(C=C)=C(/C=C\C)c3ccccc32)c2ccccc21.CC.CC.CC.CC. The van der Waals surface area contributed by atoms with Crippen LogP contribution in [-0.4, -0.2) is 0 Å². The molecule has 1 unspecified atom stereocenters. The minimum Gasteiger partial charge on any atom is -0.0987 e. The first-order valence-corrected chi connectivity index (χ1v) is 13.4. The van der Waals surface area contributed by atoms with E-state index >= 15 is 0 Å². The van der Waals surface area contributed by atoms with Crippen molar-refractivity contribution in [3.05, 3.63) is 132 Å². The molecule has 4 rings (SSSR count). The van der Waals surface area contributed by atoms with Crippen molar-refractivity contribution in [3.63, 3.8) is 0 Å². The van der Waals surface area contributed by atoms with Crippen LogP contribution in [0.2, 0.25) is 0 Å². The highest BCUT2D eigenvalue weighted by Crippen LogP contribution is 2.61. The first kappa shape index (κ1) is 35.0. The lowest BCUT2D eigenvalue weighted by Crippen LogP contribution is -2.27. The molecule has 0 radical (unpaired) electrons. The van der Waals surface area contributed by atoms with Crippen molar-refractivity contribution >= 4 is 11.1 Å². The molecule has 0 N–H and O–H groups in total. The van der Waals surface area contributed by atoms with Crippen LogP contribution in [0.3, 0.4) is 0 Å². The van der Waals surface area contributed by atoms with Crippen LogP contribution < -0.4 is 0 Å². The number of benzene rings is 2. The molecule has 0 aromatic heterocycles. The van der Waals surface area contributed by atoms with Gasteiger partial charge in [0.25, 0.3) is 0 Å². The number of allylic oxidation sites excluding steroid dienone is 10. The third-order valence-corrected chi connectivity index (χ3v) is 5.71. The second-order valence-electron chi connectivity index (χ2n) is 6.90. The molecule has 0 aliphatic heterocycles.